The molecule has 1 aliphatic carbocycles. The molecule has 0 spiro atoms. The summed E-state index contributed by atoms with van der Waals surface area (Å²) in [5, 5.41) is 6.67. The van der Waals surface area contributed by atoms with Gasteiger partial charge in [0.1, 0.15) is 5.82 Å². The van der Waals surface area contributed by atoms with Crippen LogP contribution in [-0.2, 0) is 6.42 Å². The van der Waals surface area contributed by atoms with E-state index < -0.39 is 0 Å². The van der Waals surface area contributed by atoms with E-state index in [1.54, 1.807) is 6.07 Å². The number of aliphatic imine (C=N–C) groups is 1. The maximum Gasteiger partial charge on any atom is 0.191 e. The summed E-state index contributed by atoms with van der Waals surface area (Å²) in [5.41, 5.74) is 2.17. The molecular weight excluding hydrogens is 430 g/mol. The fraction of sp³-hybridized carbons (Fsp3) is 0.632. The number of likely N-dealkylation sites (N-methyl/N-ethyl adjacent to an activating group) is 1. The summed E-state index contributed by atoms with van der Waals surface area (Å²) in [5.74, 6) is 0.682. The van der Waals surface area contributed by atoms with Crippen molar-refractivity contribution in [3.8, 4) is 0 Å². The van der Waals surface area contributed by atoms with Gasteiger partial charge in [-0.05, 0) is 70.3 Å². The molecule has 142 valence electrons. The molecule has 6 heteroatoms. The standard InChI is InChI=1S/C19H31FN4.HI/c1-5-21-19(23-13-15(3)24(4)18-8-9-18)22-11-10-16-6-7-17(20)12-14(16)2;/h6-7,12,15,18H,5,8-11,13H2,1-4H3,(H2,21,22,23);1H. The van der Waals surface area contributed by atoms with E-state index in [0.717, 1.165) is 43.6 Å². The van der Waals surface area contributed by atoms with Crippen LogP contribution in [0.1, 0.15) is 37.8 Å². The monoisotopic (exact) mass is 462 g/mol. The number of nitrogens with one attached hydrogen (secondary N) is 2. The van der Waals surface area contributed by atoms with Crippen LogP contribution in [0.15, 0.2) is 23.2 Å². The van der Waals surface area contributed by atoms with Crippen molar-refractivity contribution in [3.63, 3.8) is 0 Å². The average Bonchev–Trinajstić information content (AvgIpc) is 3.38. The Labute approximate surface area is 168 Å². The third-order valence-electron chi connectivity index (χ3n) is 4.67. The topological polar surface area (TPSA) is 39.7 Å². The molecule has 0 radical (unpaired) electrons. The Morgan fingerprint density at radius 2 is 2.08 bits per heavy atom. The number of rotatable bonds is 8. The molecule has 1 fully saturated rings. The van der Waals surface area contributed by atoms with Crippen LogP contribution in [0.5, 0.6) is 0 Å². The van der Waals surface area contributed by atoms with Crippen LogP contribution in [-0.4, -0.2) is 49.6 Å². The molecule has 0 aromatic heterocycles. The lowest BCUT2D eigenvalue weighted by molar-refractivity contribution is 0.253. The molecular formula is C19H32FIN4. The van der Waals surface area contributed by atoms with Crippen LogP contribution in [0.2, 0.25) is 0 Å². The van der Waals surface area contributed by atoms with Crippen molar-refractivity contribution in [2.24, 2.45) is 4.99 Å². The van der Waals surface area contributed by atoms with Crippen LogP contribution in [0.25, 0.3) is 0 Å². The van der Waals surface area contributed by atoms with Gasteiger partial charge in [0, 0.05) is 25.2 Å². The fourth-order valence-electron chi connectivity index (χ4n) is 2.79. The highest BCUT2D eigenvalue weighted by Gasteiger charge is 2.28. The van der Waals surface area contributed by atoms with Gasteiger partial charge in [0.15, 0.2) is 5.96 Å². The molecule has 0 amide bonds. The zero-order chi connectivity index (χ0) is 17.5. The van der Waals surface area contributed by atoms with Crippen molar-refractivity contribution in [1.82, 2.24) is 15.5 Å². The van der Waals surface area contributed by atoms with Gasteiger partial charge >= 0.3 is 0 Å². The van der Waals surface area contributed by atoms with Crippen molar-refractivity contribution >= 4 is 29.9 Å². The maximum absolute atomic E-state index is 13.2. The van der Waals surface area contributed by atoms with Gasteiger partial charge in [0.05, 0.1) is 6.54 Å². The second-order valence-electron chi connectivity index (χ2n) is 6.71. The molecule has 2 rings (SSSR count). The highest BCUT2D eigenvalue weighted by molar-refractivity contribution is 14.0. The summed E-state index contributed by atoms with van der Waals surface area (Å²) in [6, 6.07) is 6.18. The van der Waals surface area contributed by atoms with Crippen molar-refractivity contribution in [2.75, 3.05) is 26.7 Å². The highest BCUT2D eigenvalue weighted by Crippen LogP contribution is 2.26. The summed E-state index contributed by atoms with van der Waals surface area (Å²) in [4.78, 5) is 7.13. The lowest BCUT2D eigenvalue weighted by atomic mass is 10.1. The summed E-state index contributed by atoms with van der Waals surface area (Å²) in [7, 11) is 2.19. The minimum absolute atomic E-state index is 0. The van der Waals surface area contributed by atoms with Crippen molar-refractivity contribution in [3.05, 3.63) is 35.1 Å². The zero-order valence-corrected chi connectivity index (χ0v) is 18.1. The number of hydrogen-bond donors (Lipinski definition) is 2. The molecule has 1 atom stereocenters. The number of benzene rings is 1. The number of halogens is 2. The molecule has 1 aromatic carbocycles. The molecule has 4 nitrogen and oxygen atoms in total. The van der Waals surface area contributed by atoms with Crippen molar-refractivity contribution in [1.29, 1.82) is 0 Å². The third kappa shape index (κ3) is 7.48. The molecule has 25 heavy (non-hydrogen) atoms. The summed E-state index contributed by atoms with van der Waals surface area (Å²) < 4.78 is 13.2. The largest absolute Gasteiger partial charge is 0.357 e. The SMILES string of the molecule is CCNC(=NCC(C)N(C)C1CC1)NCCc1ccc(F)cc1C.I. The molecule has 2 N–H and O–H groups in total. The maximum atomic E-state index is 13.2. The normalized spacial score (nSPS) is 15.7. The summed E-state index contributed by atoms with van der Waals surface area (Å²) in [6.07, 6.45) is 3.49. The van der Waals surface area contributed by atoms with E-state index in [0.29, 0.717) is 6.04 Å². The van der Waals surface area contributed by atoms with Crippen LogP contribution in [0.4, 0.5) is 4.39 Å². The Balaban J connectivity index is 0.00000312. The van der Waals surface area contributed by atoms with Crippen LogP contribution in [0.3, 0.4) is 0 Å². The molecule has 0 saturated heterocycles. The Bertz CT molecular complexity index is 560. The molecule has 1 aromatic rings. The van der Waals surface area contributed by atoms with Gasteiger partial charge in [-0.25, -0.2) is 4.39 Å². The first kappa shape index (κ1) is 22.2. The number of nitrogens with zero attached hydrogens (tertiary/aromatic N) is 2. The Morgan fingerprint density at radius 3 is 2.68 bits per heavy atom. The Morgan fingerprint density at radius 1 is 1.36 bits per heavy atom. The molecule has 1 saturated carbocycles. The van der Waals surface area contributed by atoms with E-state index in [9.17, 15) is 4.39 Å². The van der Waals surface area contributed by atoms with E-state index in [-0.39, 0.29) is 29.8 Å². The number of aryl methyl sites for hydroxylation is 1. The van der Waals surface area contributed by atoms with Crippen LogP contribution in [0, 0.1) is 12.7 Å². The van der Waals surface area contributed by atoms with E-state index in [1.807, 2.05) is 13.0 Å². The van der Waals surface area contributed by atoms with Gasteiger partial charge in [-0.2, -0.15) is 0 Å². The second kappa shape index (κ2) is 11.0. The Hall–Kier alpha value is -0.890. The minimum atomic E-state index is -0.173. The molecule has 0 aliphatic heterocycles. The number of guanidine groups is 1. The predicted octanol–water partition coefficient (Wildman–Crippen LogP) is 3.33. The van der Waals surface area contributed by atoms with Gasteiger partial charge in [-0.3, -0.25) is 9.89 Å². The van der Waals surface area contributed by atoms with Crippen molar-refractivity contribution < 1.29 is 4.39 Å². The first-order valence-corrected chi connectivity index (χ1v) is 9.00. The summed E-state index contributed by atoms with van der Waals surface area (Å²) >= 11 is 0. The van der Waals surface area contributed by atoms with Gasteiger partial charge in [-0.1, -0.05) is 6.07 Å². The third-order valence-corrected chi connectivity index (χ3v) is 4.67. The van der Waals surface area contributed by atoms with Gasteiger partial charge in [-0.15, -0.1) is 24.0 Å². The van der Waals surface area contributed by atoms with E-state index in [4.69, 9.17) is 4.99 Å². The minimum Gasteiger partial charge on any atom is -0.357 e. The predicted molar refractivity (Wildman–Crippen MR) is 114 cm³/mol. The Kier molecular flexibility index (Phi) is 9.71. The van der Waals surface area contributed by atoms with Gasteiger partial charge < -0.3 is 10.6 Å². The lowest BCUT2D eigenvalue weighted by Crippen LogP contribution is -2.40. The fourth-order valence-corrected chi connectivity index (χ4v) is 2.79. The molecule has 0 heterocycles. The average molecular weight is 462 g/mol. The summed E-state index contributed by atoms with van der Waals surface area (Å²) in [6.45, 7) is 8.67. The van der Waals surface area contributed by atoms with Crippen LogP contribution >= 0.6 is 24.0 Å². The number of hydrogen-bond acceptors (Lipinski definition) is 2. The van der Waals surface area contributed by atoms with E-state index in [1.165, 1.54) is 24.5 Å². The highest BCUT2D eigenvalue weighted by atomic mass is 127. The smallest absolute Gasteiger partial charge is 0.191 e. The second-order valence-corrected chi connectivity index (χ2v) is 6.71. The van der Waals surface area contributed by atoms with Gasteiger partial charge in [0.25, 0.3) is 0 Å². The quantitative estimate of drug-likeness (QED) is 0.354. The van der Waals surface area contributed by atoms with Crippen LogP contribution < -0.4 is 10.6 Å². The first-order valence-electron chi connectivity index (χ1n) is 9.00. The van der Waals surface area contributed by atoms with E-state index in [2.05, 4.69) is 36.4 Å². The van der Waals surface area contributed by atoms with E-state index >= 15 is 0 Å². The zero-order valence-electron chi connectivity index (χ0n) is 15.8. The first-order chi connectivity index (χ1) is 11.5. The van der Waals surface area contributed by atoms with Crippen molar-refractivity contribution in [2.45, 2.75) is 52.1 Å². The molecule has 0 bridgehead atoms. The molecule has 1 unspecified atom stereocenters. The lowest BCUT2D eigenvalue weighted by Gasteiger charge is -2.23. The molecule has 1 aliphatic rings. The van der Waals surface area contributed by atoms with Gasteiger partial charge in [0.2, 0.25) is 0 Å².